The highest BCUT2D eigenvalue weighted by molar-refractivity contribution is 6.98. The van der Waals surface area contributed by atoms with E-state index in [9.17, 15) is 4.80 Å². The molecular formula is C33H40N2O2Si. The molecule has 3 aromatic rings. The van der Waals surface area contributed by atoms with E-state index in [1.54, 1.807) is 0 Å². The fourth-order valence-electron chi connectivity index (χ4n) is 6.48. The summed E-state index contributed by atoms with van der Waals surface area (Å²) in [5.41, 5.74) is 1.00. The Bertz CT molecular complexity index is 1270. The third-order valence-corrected chi connectivity index (χ3v) is 13.6. The molecule has 1 aromatic heterocycles. The van der Waals surface area contributed by atoms with Gasteiger partial charge < -0.3 is 9.53 Å². The number of rotatable bonds is 10. The molecule has 1 saturated carbocycles. The van der Waals surface area contributed by atoms with Crippen molar-refractivity contribution in [3.05, 3.63) is 103 Å². The highest BCUT2D eigenvalue weighted by Gasteiger charge is 2.59. The Morgan fingerprint density at radius 2 is 1.66 bits per heavy atom. The average Bonchev–Trinajstić information content (AvgIpc) is 3.66. The van der Waals surface area contributed by atoms with Gasteiger partial charge in [0.25, 0.3) is 8.32 Å². The minimum atomic E-state index is -3.01. The molecule has 0 aliphatic heterocycles. The van der Waals surface area contributed by atoms with Gasteiger partial charge in [0, 0.05) is 5.41 Å². The lowest BCUT2D eigenvalue weighted by atomic mass is 9.81. The average molecular weight is 525 g/mol. The fourth-order valence-corrected chi connectivity index (χ4v) is 10.2. The second-order valence-electron chi connectivity index (χ2n) is 11.8. The van der Waals surface area contributed by atoms with Crippen LogP contribution in [-0.4, -0.2) is 29.7 Å². The maximum atomic E-state index is 12.6. The predicted octanol–water partition coefficient (Wildman–Crippen LogP) is 5.92. The Balaban J connectivity index is 1.37. The molecule has 38 heavy (non-hydrogen) atoms. The Morgan fingerprint density at radius 3 is 2.24 bits per heavy atom. The molecule has 198 valence electrons. The smallest absolute Gasteiger partial charge is 0.258 e. The number of ether oxygens (including phenoxy) is 1. The zero-order valence-corrected chi connectivity index (χ0v) is 24.1. The second-order valence-corrected chi connectivity index (χ2v) is 15.7. The van der Waals surface area contributed by atoms with Gasteiger partial charge in [-0.25, -0.2) is 9.97 Å². The van der Waals surface area contributed by atoms with Crippen LogP contribution in [0.4, 0.5) is 0 Å². The summed E-state index contributed by atoms with van der Waals surface area (Å²) < 4.78 is 6.42. The highest BCUT2D eigenvalue weighted by atomic mass is 28.4. The Kier molecular flexibility index (Phi) is 7.43. The van der Waals surface area contributed by atoms with E-state index in [1.807, 2.05) is 32.2 Å². The van der Waals surface area contributed by atoms with Gasteiger partial charge in [0.15, 0.2) is 5.75 Å². The lowest BCUT2D eigenvalue weighted by Crippen LogP contribution is -2.65. The van der Waals surface area contributed by atoms with E-state index < -0.39 is 8.32 Å². The lowest BCUT2D eigenvalue weighted by molar-refractivity contribution is 0.173. The SMILES string of the molecule is Cc1ncc(OC[C@@]2(C3C=CC=CC3)C[C@H]2CCC(C)(C)[Si](O)(c2ccccc2)c2ccccc2)c(C)n1. The number of benzene rings is 2. The summed E-state index contributed by atoms with van der Waals surface area (Å²) in [5.74, 6) is 2.57. The van der Waals surface area contributed by atoms with E-state index in [4.69, 9.17) is 4.74 Å². The minimum Gasteiger partial charge on any atom is -0.489 e. The number of hydrogen-bond donors (Lipinski definition) is 1. The van der Waals surface area contributed by atoms with E-state index in [-0.39, 0.29) is 10.5 Å². The van der Waals surface area contributed by atoms with Crippen molar-refractivity contribution in [1.29, 1.82) is 0 Å². The third kappa shape index (κ3) is 5.02. The van der Waals surface area contributed by atoms with Crippen molar-refractivity contribution in [3.8, 4) is 5.75 Å². The first kappa shape index (κ1) is 26.6. The molecule has 2 aliphatic rings. The molecule has 4 nitrogen and oxygen atoms in total. The van der Waals surface area contributed by atoms with Crippen LogP contribution in [0.25, 0.3) is 0 Å². The summed E-state index contributed by atoms with van der Waals surface area (Å²) in [6.45, 7) is 9.12. The number of allylic oxidation sites excluding steroid dienone is 4. The van der Waals surface area contributed by atoms with Gasteiger partial charge in [-0.3, -0.25) is 0 Å². The van der Waals surface area contributed by atoms with Gasteiger partial charge in [0.05, 0.1) is 18.5 Å². The zero-order chi connectivity index (χ0) is 26.8. The van der Waals surface area contributed by atoms with E-state index in [1.165, 1.54) is 0 Å². The van der Waals surface area contributed by atoms with Crippen LogP contribution < -0.4 is 15.1 Å². The quantitative estimate of drug-likeness (QED) is 0.334. The predicted molar refractivity (Wildman–Crippen MR) is 157 cm³/mol. The summed E-state index contributed by atoms with van der Waals surface area (Å²) in [5, 5.41) is 1.92. The van der Waals surface area contributed by atoms with Gasteiger partial charge in [-0.15, -0.1) is 0 Å². The minimum absolute atomic E-state index is 0.105. The number of aromatic nitrogens is 2. The van der Waals surface area contributed by atoms with Crippen molar-refractivity contribution in [1.82, 2.24) is 9.97 Å². The standard InChI is InChI=1S/C33H40N2O2Si/c1-25-31(23-34-26(2)35-25)37-24-33(27-14-8-5-9-15-27)22-28(33)20-21-32(3,4)38(36,29-16-10-6-11-17-29)30-18-12-7-13-19-30/h5-14,16-19,23,27-28,36H,15,20-22,24H2,1-4H3/t27?,28-,33-/m1/s1. The van der Waals surface area contributed by atoms with Crippen molar-refractivity contribution >= 4 is 18.7 Å². The summed E-state index contributed by atoms with van der Waals surface area (Å²) in [4.78, 5) is 21.4. The van der Waals surface area contributed by atoms with Gasteiger partial charge in [0.1, 0.15) is 5.82 Å². The van der Waals surface area contributed by atoms with E-state index in [0.717, 1.165) is 53.3 Å². The van der Waals surface area contributed by atoms with Gasteiger partial charge in [-0.05, 0) is 66.8 Å². The molecule has 0 amide bonds. The fraction of sp³-hybridized carbons (Fsp3) is 0.394. The summed E-state index contributed by atoms with van der Waals surface area (Å²) >= 11 is 0. The molecule has 0 bridgehead atoms. The third-order valence-electron chi connectivity index (χ3n) is 9.03. The lowest BCUT2D eigenvalue weighted by Gasteiger charge is -2.41. The van der Waals surface area contributed by atoms with E-state index >= 15 is 0 Å². The summed E-state index contributed by atoms with van der Waals surface area (Å²) in [6, 6.07) is 20.7. The molecule has 1 N–H and O–H groups in total. The first-order valence-corrected chi connectivity index (χ1v) is 15.8. The Morgan fingerprint density at radius 1 is 1.00 bits per heavy atom. The van der Waals surface area contributed by atoms with Gasteiger partial charge >= 0.3 is 0 Å². The molecular weight excluding hydrogens is 484 g/mol. The van der Waals surface area contributed by atoms with Crippen molar-refractivity contribution in [2.24, 2.45) is 17.3 Å². The van der Waals surface area contributed by atoms with Crippen LogP contribution in [0.15, 0.2) is 91.2 Å². The Hall–Kier alpha value is -3.02. The van der Waals surface area contributed by atoms with Crippen LogP contribution in [0.5, 0.6) is 5.75 Å². The molecule has 1 fully saturated rings. The summed E-state index contributed by atoms with van der Waals surface area (Å²) in [7, 11) is -3.01. The van der Waals surface area contributed by atoms with Crippen molar-refractivity contribution in [2.75, 3.05) is 6.61 Å². The van der Waals surface area contributed by atoms with Gasteiger partial charge in [-0.2, -0.15) is 0 Å². The van der Waals surface area contributed by atoms with Crippen LogP contribution >= 0.6 is 0 Å². The Labute approximate surface area is 228 Å². The molecule has 1 unspecified atom stereocenters. The van der Waals surface area contributed by atoms with Crippen LogP contribution in [0.3, 0.4) is 0 Å². The molecule has 3 atom stereocenters. The zero-order valence-electron chi connectivity index (χ0n) is 23.1. The normalized spacial score (nSPS) is 22.9. The molecule has 0 spiro atoms. The first-order chi connectivity index (χ1) is 18.3. The van der Waals surface area contributed by atoms with E-state index in [0.29, 0.717) is 18.4 Å². The topological polar surface area (TPSA) is 55.2 Å². The molecule has 0 radical (unpaired) electrons. The van der Waals surface area contributed by atoms with E-state index in [2.05, 4.69) is 96.7 Å². The number of aryl methyl sites for hydroxylation is 2. The monoisotopic (exact) mass is 524 g/mol. The van der Waals surface area contributed by atoms with Crippen molar-refractivity contribution in [2.45, 2.75) is 58.4 Å². The number of hydrogen-bond acceptors (Lipinski definition) is 4. The van der Waals surface area contributed by atoms with Crippen LogP contribution in [0, 0.1) is 31.1 Å². The van der Waals surface area contributed by atoms with Crippen molar-refractivity contribution < 1.29 is 9.53 Å². The number of nitrogens with zero attached hydrogens (tertiary/aromatic N) is 2. The van der Waals surface area contributed by atoms with Crippen LogP contribution in [0.1, 0.15) is 51.0 Å². The first-order valence-electron chi connectivity index (χ1n) is 13.9. The molecule has 2 aliphatic carbocycles. The van der Waals surface area contributed by atoms with Crippen LogP contribution in [-0.2, 0) is 0 Å². The molecule has 5 rings (SSSR count). The molecule has 1 heterocycles. The molecule has 2 aromatic carbocycles. The van der Waals surface area contributed by atoms with Crippen molar-refractivity contribution in [3.63, 3.8) is 0 Å². The van der Waals surface area contributed by atoms with Gasteiger partial charge in [-0.1, -0.05) is 98.8 Å². The maximum Gasteiger partial charge on any atom is 0.258 e. The molecule has 5 heteroatoms. The largest absolute Gasteiger partial charge is 0.489 e. The molecule has 0 saturated heterocycles. The summed E-state index contributed by atoms with van der Waals surface area (Å²) in [6.07, 6.45) is 15.0. The highest BCUT2D eigenvalue weighted by Crippen LogP contribution is 2.63. The van der Waals surface area contributed by atoms with Crippen LogP contribution in [0.2, 0.25) is 5.04 Å². The van der Waals surface area contributed by atoms with Gasteiger partial charge in [0.2, 0.25) is 0 Å². The maximum absolute atomic E-state index is 12.6. The second kappa shape index (κ2) is 10.6.